The molecule has 0 spiro atoms. The lowest BCUT2D eigenvalue weighted by Gasteiger charge is -2.38. The fourth-order valence-corrected chi connectivity index (χ4v) is 3.60. The molecule has 0 atom stereocenters. The molecule has 0 bridgehead atoms. The standard InChI is InChI=1S/C18H20Cl2N2O2/c1-12-2-3-16(21-10-12)18(24)4-6-22(7-5-18)11-13-8-14(19)9-15(20)17(13)23/h2-3,8-10,23-24H,4-7,11H2,1H3. The number of phenolic OH excluding ortho intramolecular Hbond substituents is 1. The lowest BCUT2D eigenvalue weighted by atomic mass is 9.87. The van der Waals surface area contributed by atoms with Gasteiger partial charge in [0.2, 0.25) is 0 Å². The molecule has 0 radical (unpaired) electrons. The van der Waals surface area contributed by atoms with Crippen molar-refractivity contribution in [2.75, 3.05) is 13.1 Å². The van der Waals surface area contributed by atoms with E-state index in [1.807, 2.05) is 19.1 Å². The number of likely N-dealkylation sites (tertiary alicyclic amines) is 1. The van der Waals surface area contributed by atoms with Crippen LogP contribution < -0.4 is 0 Å². The highest BCUT2D eigenvalue weighted by Gasteiger charge is 2.35. The quantitative estimate of drug-likeness (QED) is 0.864. The van der Waals surface area contributed by atoms with Crippen molar-refractivity contribution in [3.8, 4) is 5.75 Å². The van der Waals surface area contributed by atoms with E-state index in [1.165, 1.54) is 6.07 Å². The topological polar surface area (TPSA) is 56.6 Å². The van der Waals surface area contributed by atoms with Crippen LogP contribution in [0.1, 0.15) is 29.7 Å². The van der Waals surface area contributed by atoms with Crippen molar-refractivity contribution in [1.29, 1.82) is 0 Å². The van der Waals surface area contributed by atoms with Gasteiger partial charge in [0.05, 0.1) is 10.7 Å². The Labute approximate surface area is 151 Å². The minimum Gasteiger partial charge on any atom is -0.506 e. The lowest BCUT2D eigenvalue weighted by Crippen LogP contribution is -2.42. The molecule has 6 heteroatoms. The summed E-state index contributed by atoms with van der Waals surface area (Å²) < 4.78 is 0. The molecular weight excluding hydrogens is 347 g/mol. The summed E-state index contributed by atoms with van der Waals surface area (Å²) in [6.07, 6.45) is 2.97. The molecule has 4 nitrogen and oxygen atoms in total. The average Bonchev–Trinajstić information content (AvgIpc) is 2.55. The number of nitrogens with zero attached hydrogens (tertiary/aromatic N) is 2. The Balaban J connectivity index is 1.68. The van der Waals surface area contributed by atoms with Crippen LogP contribution in [0.5, 0.6) is 5.75 Å². The molecule has 2 aromatic rings. The first-order chi connectivity index (χ1) is 11.4. The van der Waals surface area contributed by atoms with Crippen LogP contribution >= 0.6 is 23.2 Å². The Hall–Kier alpha value is -1.33. The van der Waals surface area contributed by atoms with E-state index in [0.29, 0.717) is 43.1 Å². The van der Waals surface area contributed by atoms with Crippen LogP contribution in [0.4, 0.5) is 0 Å². The summed E-state index contributed by atoms with van der Waals surface area (Å²) in [5.74, 6) is 0.0714. The summed E-state index contributed by atoms with van der Waals surface area (Å²) in [6, 6.07) is 7.12. The maximum Gasteiger partial charge on any atom is 0.138 e. The van der Waals surface area contributed by atoms with Gasteiger partial charge < -0.3 is 10.2 Å². The molecule has 0 unspecified atom stereocenters. The van der Waals surface area contributed by atoms with Crippen LogP contribution in [-0.4, -0.2) is 33.2 Å². The minimum absolute atomic E-state index is 0.0714. The normalized spacial score (nSPS) is 17.8. The van der Waals surface area contributed by atoms with E-state index in [2.05, 4.69) is 9.88 Å². The molecule has 1 aromatic heterocycles. The van der Waals surface area contributed by atoms with Crippen molar-refractivity contribution < 1.29 is 10.2 Å². The fourth-order valence-electron chi connectivity index (χ4n) is 3.06. The highest BCUT2D eigenvalue weighted by molar-refractivity contribution is 6.35. The molecule has 128 valence electrons. The molecule has 1 aliphatic heterocycles. The highest BCUT2D eigenvalue weighted by Crippen LogP contribution is 2.35. The summed E-state index contributed by atoms with van der Waals surface area (Å²) in [4.78, 5) is 6.55. The summed E-state index contributed by atoms with van der Waals surface area (Å²) in [6.45, 7) is 3.93. The van der Waals surface area contributed by atoms with Gasteiger partial charge in [-0.3, -0.25) is 9.88 Å². The summed E-state index contributed by atoms with van der Waals surface area (Å²) in [5, 5.41) is 21.7. The monoisotopic (exact) mass is 366 g/mol. The first kappa shape index (κ1) is 17.5. The number of aliphatic hydroxyl groups is 1. The van der Waals surface area contributed by atoms with Crippen molar-refractivity contribution in [2.24, 2.45) is 0 Å². The number of phenols is 1. The SMILES string of the molecule is Cc1ccc(C2(O)CCN(Cc3cc(Cl)cc(Cl)c3O)CC2)nc1. The number of aromatic hydroxyl groups is 1. The van der Waals surface area contributed by atoms with Gasteiger partial charge in [-0.2, -0.15) is 0 Å². The fraction of sp³-hybridized carbons (Fsp3) is 0.389. The molecule has 2 heterocycles. The van der Waals surface area contributed by atoms with Crippen molar-refractivity contribution >= 4 is 23.2 Å². The number of pyridine rings is 1. The molecule has 0 saturated carbocycles. The van der Waals surface area contributed by atoms with E-state index in [-0.39, 0.29) is 10.8 Å². The van der Waals surface area contributed by atoms with Crippen molar-refractivity contribution in [2.45, 2.75) is 31.9 Å². The number of rotatable bonds is 3. The minimum atomic E-state index is -0.891. The second kappa shape index (κ2) is 6.89. The van der Waals surface area contributed by atoms with Gasteiger partial charge in [0.25, 0.3) is 0 Å². The van der Waals surface area contributed by atoms with Crippen molar-refractivity contribution in [3.05, 3.63) is 57.3 Å². The largest absolute Gasteiger partial charge is 0.506 e. The zero-order valence-corrected chi connectivity index (χ0v) is 15.0. The number of hydrogen-bond donors (Lipinski definition) is 2. The molecule has 1 fully saturated rings. The van der Waals surface area contributed by atoms with Gasteiger partial charge in [-0.1, -0.05) is 29.3 Å². The van der Waals surface area contributed by atoms with E-state index in [0.717, 1.165) is 11.3 Å². The van der Waals surface area contributed by atoms with E-state index in [9.17, 15) is 10.2 Å². The lowest BCUT2D eigenvalue weighted by molar-refractivity contribution is -0.0312. The zero-order valence-electron chi connectivity index (χ0n) is 13.5. The summed E-state index contributed by atoms with van der Waals surface area (Å²) >= 11 is 12.0. The van der Waals surface area contributed by atoms with Gasteiger partial charge >= 0.3 is 0 Å². The predicted octanol–water partition coefficient (Wildman–Crippen LogP) is 3.89. The Morgan fingerprint density at radius 2 is 1.92 bits per heavy atom. The third-order valence-electron chi connectivity index (χ3n) is 4.57. The van der Waals surface area contributed by atoms with Crippen LogP contribution in [0, 0.1) is 6.92 Å². The Morgan fingerprint density at radius 1 is 1.21 bits per heavy atom. The second-order valence-corrected chi connectivity index (χ2v) is 7.27. The predicted molar refractivity (Wildman–Crippen MR) is 95.5 cm³/mol. The van der Waals surface area contributed by atoms with E-state index < -0.39 is 5.60 Å². The number of aryl methyl sites for hydroxylation is 1. The van der Waals surface area contributed by atoms with Crippen molar-refractivity contribution in [3.63, 3.8) is 0 Å². The number of halogens is 2. The smallest absolute Gasteiger partial charge is 0.138 e. The van der Waals surface area contributed by atoms with E-state index in [1.54, 1.807) is 12.3 Å². The molecule has 2 N–H and O–H groups in total. The highest BCUT2D eigenvalue weighted by atomic mass is 35.5. The first-order valence-corrected chi connectivity index (χ1v) is 8.68. The van der Waals surface area contributed by atoms with Gasteiger partial charge in [0.1, 0.15) is 11.4 Å². The molecule has 0 aliphatic carbocycles. The molecule has 1 saturated heterocycles. The Morgan fingerprint density at radius 3 is 2.54 bits per heavy atom. The molecule has 0 amide bonds. The molecule has 24 heavy (non-hydrogen) atoms. The van der Waals surface area contributed by atoms with Gasteiger partial charge in [-0.25, -0.2) is 0 Å². The van der Waals surface area contributed by atoms with Gasteiger partial charge in [0, 0.05) is 36.4 Å². The van der Waals surface area contributed by atoms with E-state index in [4.69, 9.17) is 23.2 Å². The zero-order chi connectivity index (χ0) is 17.3. The summed E-state index contributed by atoms with van der Waals surface area (Å²) in [7, 11) is 0. The average molecular weight is 367 g/mol. The van der Waals surface area contributed by atoms with Gasteiger partial charge in [0.15, 0.2) is 0 Å². The van der Waals surface area contributed by atoms with Crippen molar-refractivity contribution in [1.82, 2.24) is 9.88 Å². The third-order valence-corrected chi connectivity index (χ3v) is 5.08. The first-order valence-electron chi connectivity index (χ1n) is 7.92. The van der Waals surface area contributed by atoms with Gasteiger partial charge in [-0.15, -0.1) is 0 Å². The summed E-state index contributed by atoms with van der Waals surface area (Å²) in [5.41, 5.74) is 1.61. The number of piperidine rings is 1. The maximum absolute atomic E-state index is 10.9. The molecule has 1 aromatic carbocycles. The number of hydrogen-bond acceptors (Lipinski definition) is 4. The Kier molecular flexibility index (Phi) is 5.02. The Bertz CT molecular complexity index is 727. The number of aromatic nitrogens is 1. The van der Waals surface area contributed by atoms with Crippen LogP contribution in [0.25, 0.3) is 0 Å². The molecular formula is C18H20Cl2N2O2. The maximum atomic E-state index is 10.9. The second-order valence-electron chi connectivity index (χ2n) is 6.42. The molecule has 3 rings (SSSR count). The third kappa shape index (κ3) is 3.67. The van der Waals surface area contributed by atoms with Crippen LogP contribution in [-0.2, 0) is 12.1 Å². The van der Waals surface area contributed by atoms with Crippen LogP contribution in [0.15, 0.2) is 30.5 Å². The van der Waals surface area contributed by atoms with Crippen LogP contribution in [0.2, 0.25) is 10.0 Å². The number of benzene rings is 1. The van der Waals surface area contributed by atoms with Gasteiger partial charge in [-0.05, 0) is 43.5 Å². The molecule has 1 aliphatic rings. The van der Waals surface area contributed by atoms with Crippen LogP contribution in [0.3, 0.4) is 0 Å². The van der Waals surface area contributed by atoms with E-state index >= 15 is 0 Å².